The highest BCUT2D eigenvalue weighted by Gasteiger charge is 2.70. The Bertz CT molecular complexity index is 1560. The Kier molecular flexibility index (Phi) is 3.87. The van der Waals surface area contributed by atoms with Crippen molar-refractivity contribution in [1.29, 1.82) is 0 Å². The number of piperidine rings is 2. The van der Waals surface area contributed by atoms with Gasteiger partial charge >= 0.3 is 0 Å². The van der Waals surface area contributed by atoms with Gasteiger partial charge in [0, 0.05) is 30.9 Å². The summed E-state index contributed by atoms with van der Waals surface area (Å²) >= 11 is 0. The van der Waals surface area contributed by atoms with Gasteiger partial charge in [0.1, 0.15) is 0 Å². The van der Waals surface area contributed by atoms with Crippen molar-refractivity contribution >= 4 is 22.7 Å². The number of aryl methyl sites for hydroxylation is 1. The number of nitrogens with two attached hydrogens (primary N) is 1. The number of aromatic nitrogens is 5. The standard InChI is InChI=1S/C29H30N8/c30-25-20-6-2-1-5-17(20)11-28(25)12-18-14-29(15-19(13-28)37(18)29)23-16-32-24-26(33-23)34-35-27(24)36-10-4-7-21-22(36)8-3-9-31-21/h1-3,5-6,8-9,16,18-19,25H,4,7,10-15,30H2,(H,33,34,35)/t18-,19?,25-,28+,29?/m1/s1. The topological polar surface area (TPSA) is 99.8 Å². The highest BCUT2D eigenvalue weighted by atomic mass is 15.4. The Labute approximate surface area is 215 Å². The maximum Gasteiger partial charge on any atom is 0.183 e. The Morgan fingerprint density at radius 1 is 1.00 bits per heavy atom. The molecule has 1 aliphatic carbocycles. The molecule has 186 valence electrons. The van der Waals surface area contributed by atoms with Gasteiger partial charge in [0.15, 0.2) is 17.0 Å². The lowest BCUT2D eigenvalue weighted by atomic mass is 9.52. The Morgan fingerprint density at radius 3 is 2.73 bits per heavy atom. The van der Waals surface area contributed by atoms with Gasteiger partial charge in [0.2, 0.25) is 0 Å². The second-order valence-electron chi connectivity index (χ2n) is 12.0. The van der Waals surface area contributed by atoms with Crippen LogP contribution < -0.4 is 10.6 Å². The predicted octanol–water partition coefficient (Wildman–Crippen LogP) is 3.91. The van der Waals surface area contributed by atoms with Crippen molar-refractivity contribution in [3.8, 4) is 0 Å². The number of hydrogen-bond acceptors (Lipinski definition) is 7. The van der Waals surface area contributed by atoms with Crippen LogP contribution in [0.2, 0.25) is 0 Å². The van der Waals surface area contributed by atoms with Crippen molar-refractivity contribution in [2.24, 2.45) is 11.1 Å². The fourth-order valence-corrected chi connectivity index (χ4v) is 8.78. The zero-order valence-corrected chi connectivity index (χ0v) is 20.8. The molecule has 5 aliphatic rings. The van der Waals surface area contributed by atoms with Gasteiger partial charge in [-0.25, -0.2) is 9.97 Å². The monoisotopic (exact) mass is 490 g/mol. The first-order chi connectivity index (χ1) is 18.2. The summed E-state index contributed by atoms with van der Waals surface area (Å²) < 4.78 is 0. The van der Waals surface area contributed by atoms with E-state index >= 15 is 0 Å². The summed E-state index contributed by atoms with van der Waals surface area (Å²) in [6.07, 6.45) is 11.8. The van der Waals surface area contributed by atoms with Crippen molar-refractivity contribution in [2.45, 2.75) is 68.6 Å². The van der Waals surface area contributed by atoms with E-state index in [1.807, 2.05) is 18.5 Å². The summed E-state index contributed by atoms with van der Waals surface area (Å²) in [6, 6.07) is 14.3. The lowest BCUT2D eigenvalue weighted by Gasteiger charge is -2.74. The predicted molar refractivity (Wildman–Crippen MR) is 140 cm³/mol. The summed E-state index contributed by atoms with van der Waals surface area (Å²) in [7, 11) is 0. The molecule has 2 unspecified atom stereocenters. The molecule has 5 atom stereocenters. The van der Waals surface area contributed by atoms with Crippen LogP contribution in [0.4, 0.5) is 11.5 Å². The van der Waals surface area contributed by atoms with Crippen LogP contribution in [0.25, 0.3) is 11.2 Å². The van der Waals surface area contributed by atoms with Crippen LogP contribution in [-0.4, -0.2) is 48.7 Å². The molecule has 7 heterocycles. The molecule has 3 saturated heterocycles. The SMILES string of the molecule is N[C@@H]1c2ccccc2C[C@]12CC1CC3(c4cnc5c(N6CCCc7ncccc76)n[nH]c5n4)C[C@@H](C2)N13. The first-order valence-corrected chi connectivity index (χ1v) is 13.7. The van der Waals surface area contributed by atoms with Gasteiger partial charge in [0.05, 0.1) is 28.8 Å². The van der Waals surface area contributed by atoms with E-state index in [0.717, 1.165) is 72.7 Å². The molecule has 9 rings (SSSR count). The van der Waals surface area contributed by atoms with Crippen molar-refractivity contribution in [3.63, 3.8) is 0 Å². The van der Waals surface area contributed by atoms with Crippen LogP contribution in [0.3, 0.4) is 0 Å². The molecule has 3 fully saturated rings. The zero-order chi connectivity index (χ0) is 24.4. The van der Waals surface area contributed by atoms with Crippen LogP contribution in [0, 0.1) is 5.41 Å². The van der Waals surface area contributed by atoms with E-state index in [2.05, 4.69) is 55.3 Å². The Hall–Kier alpha value is -3.36. The number of pyridine rings is 1. The zero-order valence-electron chi connectivity index (χ0n) is 20.8. The molecular formula is C29H30N8. The smallest absolute Gasteiger partial charge is 0.183 e. The molecule has 4 aliphatic heterocycles. The quantitative estimate of drug-likeness (QED) is 0.439. The van der Waals surface area contributed by atoms with Crippen LogP contribution in [-0.2, 0) is 18.4 Å². The van der Waals surface area contributed by atoms with Crippen LogP contribution >= 0.6 is 0 Å². The number of hydrogen-bond donors (Lipinski definition) is 2. The number of nitrogens with one attached hydrogen (secondary N) is 1. The first kappa shape index (κ1) is 20.7. The summed E-state index contributed by atoms with van der Waals surface area (Å²) in [4.78, 5) is 19.6. The Morgan fingerprint density at radius 2 is 1.86 bits per heavy atom. The molecule has 3 aromatic heterocycles. The largest absolute Gasteiger partial charge is 0.323 e. The molecule has 0 saturated carbocycles. The van der Waals surface area contributed by atoms with Crippen molar-refractivity contribution in [3.05, 3.63) is 71.3 Å². The molecule has 8 heteroatoms. The number of nitrogens with zero attached hydrogens (tertiary/aromatic N) is 6. The maximum absolute atomic E-state index is 6.91. The highest BCUT2D eigenvalue weighted by molar-refractivity contribution is 5.87. The summed E-state index contributed by atoms with van der Waals surface area (Å²) in [5.74, 6) is 0.855. The lowest BCUT2D eigenvalue weighted by molar-refractivity contribution is -0.253. The first-order valence-electron chi connectivity index (χ1n) is 13.7. The fraction of sp³-hybridized carbons (Fsp3) is 0.448. The van der Waals surface area contributed by atoms with E-state index in [1.54, 1.807) is 0 Å². The summed E-state index contributed by atoms with van der Waals surface area (Å²) in [5.41, 5.74) is 15.0. The minimum Gasteiger partial charge on any atom is -0.323 e. The molecule has 37 heavy (non-hydrogen) atoms. The molecule has 0 bridgehead atoms. The molecule has 4 aromatic rings. The third-order valence-corrected chi connectivity index (χ3v) is 10.2. The normalized spacial score (nSPS) is 33.5. The fourth-order valence-electron chi connectivity index (χ4n) is 8.78. The van der Waals surface area contributed by atoms with Gasteiger partial charge in [-0.05, 0) is 73.6 Å². The third kappa shape index (κ3) is 2.55. The molecule has 8 nitrogen and oxygen atoms in total. The second kappa shape index (κ2) is 6.94. The number of H-pyrrole nitrogens is 1. The van der Waals surface area contributed by atoms with E-state index in [0.29, 0.717) is 12.1 Å². The van der Waals surface area contributed by atoms with Gasteiger partial charge in [-0.15, -0.1) is 0 Å². The molecule has 1 spiro atoms. The summed E-state index contributed by atoms with van der Waals surface area (Å²) in [5, 5.41) is 7.88. The van der Waals surface area contributed by atoms with Gasteiger partial charge in [-0.3, -0.25) is 15.0 Å². The number of fused-ring (bicyclic) bond motifs is 3. The Balaban J connectivity index is 1.00. The van der Waals surface area contributed by atoms with E-state index in [-0.39, 0.29) is 17.0 Å². The molecular weight excluding hydrogens is 460 g/mol. The average molecular weight is 491 g/mol. The van der Waals surface area contributed by atoms with Gasteiger partial charge in [0.25, 0.3) is 0 Å². The van der Waals surface area contributed by atoms with Gasteiger partial charge < -0.3 is 10.6 Å². The van der Waals surface area contributed by atoms with Crippen molar-refractivity contribution < 1.29 is 0 Å². The third-order valence-electron chi connectivity index (χ3n) is 10.2. The van der Waals surface area contributed by atoms with E-state index < -0.39 is 0 Å². The second-order valence-corrected chi connectivity index (χ2v) is 12.0. The van der Waals surface area contributed by atoms with E-state index in [1.165, 1.54) is 24.0 Å². The lowest BCUT2D eigenvalue weighted by Crippen LogP contribution is -2.80. The van der Waals surface area contributed by atoms with Crippen LogP contribution in [0.15, 0.2) is 48.8 Å². The van der Waals surface area contributed by atoms with Crippen LogP contribution in [0.1, 0.15) is 60.7 Å². The molecule has 3 N–H and O–H groups in total. The minimum absolute atomic E-state index is 0.0423. The number of benzene rings is 1. The average Bonchev–Trinajstić information content (AvgIpc) is 3.44. The minimum atomic E-state index is 0.0423. The van der Waals surface area contributed by atoms with Gasteiger partial charge in [-0.2, -0.15) is 5.10 Å². The summed E-state index contributed by atoms with van der Waals surface area (Å²) in [6.45, 7) is 0.914. The van der Waals surface area contributed by atoms with Gasteiger partial charge in [-0.1, -0.05) is 24.3 Å². The van der Waals surface area contributed by atoms with Crippen LogP contribution in [0.5, 0.6) is 0 Å². The molecule has 0 amide bonds. The van der Waals surface area contributed by atoms with E-state index in [9.17, 15) is 0 Å². The van der Waals surface area contributed by atoms with Crippen molar-refractivity contribution in [1.82, 2.24) is 30.0 Å². The maximum atomic E-state index is 6.91. The number of rotatable bonds is 2. The van der Waals surface area contributed by atoms with Crippen molar-refractivity contribution in [2.75, 3.05) is 11.4 Å². The molecule has 1 aromatic carbocycles. The number of anilines is 2. The van der Waals surface area contributed by atoms with E-state index in [4.69, 9.17) is 15.7 Å². The molecule has 0 radical (unpaired) electrons. The highest BCUT2D eigenvalue weighted by Crippen LogP contribution is 2.67. The number of aromatic amines is 1.